The van der Waals surface area contributed by atoms with Gasteiger partial charge in [0.25, 0.3) is 0 Å². The lowest BCUT2D eigenvalue weighted by Gasteiger charge is -2.08. The number of methoxy groups -OCH3 is 1. The van der Waals surface area contributed by atoms with E-state index in [1.807, 2.05) is 29.1 Å². The van der Waals surface area contributed by atoms with Gasteiger partial charge in [-0.3, -0.25) is 4.68 Å². The lowest BCUT2D eigenvalue weighted by Crippen LogP contribution is -2.10. The van der Waals surface area contributed by atoms with E-state index in [9.17, 15) is 4.79 Å². The third-order valence-electron chi connectivity index (χ3n) is 3.35. The Morgan fingerprint density at radius 1 is 1.22 bits per heavy atom. The third kappa shape index (κ3) is 3.08. The van der Waals surface area contributed by atoms with Crippen molar-refractivity contribution in [2.75, 3.05) is 7.11 Å². The number of carbonyl (C=O) groups excluding carboxylic acids is 1. The average molecular weight is 312 g/mol. The molecule has 0 saturated carbocycles. The molecule has 3 aromatic heterocycles. The van der Waals surface area contributed by atoms with Gasteiger partial charge in [-0.05, 0) is 18.2 Å². The van der Waals surface area contributed by atoms with Crippen LogP contribution >= 0.6 is 0 Å². The Morgan fingerprint density at radius 2 is 2.00 bits per heavy atom. The number of carbonyl (C=O) groups is 1. The van der Waals surface area contributed by atoms with Crippen molar-refractivity contribution < 1.29 is 14.3 Å². The van der Waals surface area contributed by atoms with Crippen LogP contribution in [0, 0.1) is 0 Å². The summed E-state index contributed by atoms with van der Waals surface area (Å²) in [5.74, 6) is 0.743. The van der Waals surface area contributed by atoms with Gasteiger partial charge in [0.2, 0.25) is 5.88 Å². The molecule has 0 spiro atoms. The predicted molar refractivity (Wildman–Crippen MR) is 82.4 cm³/mol. The van der Waals surface area contributed by atoms with Crippen molar-refractivity contribution in [2.45, 2.75) is 6.61 Å². The minimum absolute atomic E-state index is 0.135. The fraction of sp³-hybridized carbons (Fsp3) is 0.188. The molecule has 0 atom stereocenters. The molecule has 118 valence electrons. The second kappa shape index (κ2) is 6.35. The normalized spacial score (nSPS) is 10.5. The summed E-state index contributed by atoms with van der Waals surface area (Å²) < 4.78 is 13.8. The number of pyridine rings is 1. The largest absolute Gasteiger partial charge is 0.481 e. The predicted octanol–water partition coefficient (Wildman–Crippen LogP) is 1.97. The van der Waals surface area contributed by atoms with Gasteiger partial charge >= 0.3 is 5.97 Å². The van der Waals surface area contributed by atoms with Crippen molar-refractivity contribution >= 4 is 5.97 Å². The van der Waals surface area contributed by atoms with Crippen LogP contribution in [0.4, 0.5) is 0 Å². The van der Waals surface area contributed by atoms with E-state index in [2.05, 4.69) is 10.1 Å². The summed E-state index contributed by atoms with van der Waals surface area (Å²) in [6.07, 6.45) is 6.81. The molecule has 0 fully saturated rings. The zero-order valence-corrected chi connectivity index (χ0v) is 12.8. The third-order valence-corrected chi connectivity index (χ3v) is 3.35. The van der Waals surface area contributed by atoms with E-state index in [4.69, 9.17) is 9.47 Å². The average Bonchev–Trinajstić information content (AvgIpc) is 3.22. The van der Waals surface area contributed by atoms with E-state index in [0.717, 1.165) is 5.56 Å². The van der Waals surface area contributed by atoms with E-state index in [0.29, 0.717) is 17.3 Å². The molecule has 0 aliphatic carbocycles. The smallest absolute Gasteiger partial charge is 0.343 e. The number of hydrogen-bond acceptors (Lipinski definition) is 5. The van der Waals surface area contributed by atoms with Crippen molar-refractivity contribution in [3.05, 3.63) is 60.2 Å². The Hall–Kier alpha value is -3.09. The molecule has 0 aromatic carbocycles. The zero-order valence-electron chi connectivity index (χ0n) is 12.8. The molecule has 3 heterocycles. The molecule has 3 rings (SSSR count). The van der Waals surface area contributed by atoms with E-state index in [-0.39, 0.29) is 6.61 Å². The van der Waals surface area contributed by atoms with Crippen molar-refractivity contribution in [3.63, 3.8) is 0 Å². The molecular weight excluding hydrogens is 296 g/mol. The topological polar surface area (TPSA) is 71.2 Å². The van der Waals surface area contributed by atoms with Crippen molar-refractivity contribution in [3.8, 4) is 11.7 Å². The summed E-state index contributed by atoms with van der Waals surface area (Å²) in [5, 5.41) is 4.14. The van der Waals surface area contributed by atoms with E-state index in [1.54, 1.807) is 37.2 Å². The molecule has 0 radical (unpaired) electrons. The molecule has 0 saturated heterocycles. The summed E-state index contributed by atoms with van der Waals surface area (Å²) in [4.78, 5) is 16.4. The fourth-order valence-electron chi connectivity index (χ4n) is 2.20. The van der Waals surface area contributed by atoms with Crippen LogP contribution in [0.2, 0.25) is 0 Å². The molecule has 0 aliphatic rings. The lowest BCUT2D eigenvalue weighted by atomic mass is 10.3. The molecule has 23 heavy (non-hydrogen) atoms. The first-order valence-electron chi connectivity index (χ1n) is 7.00. The minimum atomic E-state index is -0.433. The summed E-state index contributed by atoms with van der Waals surface area (Å²) in [5.41, 5.74) is 1.19. The van der Waals surface area contributed by atoms with Gasteiger partial charge in [0, 0.05) is 37.3 Å². The number of nitrogens with zero attached hydrogens (tertiary/aromatic N) is 4. The quantitative estimate of drug-likeness (QED) is 0.674. The van der Waals surface area contributed by atoms with Gasteiger partial charge in [-0.2, -0.15) is 5.10 Å². The highest BCUT2D eigenvalue weighted by atomic mass is 16.5. The highest BCUT2D eigenvalue weighted by molar-refractivity contribution is 5.92. The van der Waals surface area contributed by atoms with Crippen molar-refractivity contribution in [2.24, 2.45) is 7.05 Å². The van der Waals surface area contributed by atoms with Crippen LogP contribution in [-0.2, 0) is 18.4 Å². The van der Waals surface area contributed by atoms with E-state index >= 15 is 0 Å². The van der Waals surface area contributed by atoms with Crippen LogP contribution in [-0.4, -0.2) is 32.4 Å². The van der Waals surface area contributed by atoms with Gasteiger partial charge in [-0.15, -0.1) is 0 Å². The molecule has 7 heteroatoms. The number of rotatable bonds is 5. The van der Waals surface area contributed by atoms with Crippen LogP contribution in [0.3, 0.4) is 0 Å². The van der Waals surface area contributed by atoms with Crippen LogP contribution < -0.4 is 4.74 Å². The fourth-order valence-corrected chi connectivity index (χ4v) is 2.20. The number of aryl methyl sites for hydroxylation is 1. The van der Waals surface area contributed by atoms with Gasteiger partial charge < -0.3 is 14.0 Å². The Kier molecular flexibility index (Phi) is 4.09. The summed E-state index contributed by atoms with van der Waals surface area (Å²) in [7, 11) is 3.33. The zero-order chi connectivity index (χ0) is 16.2. The molecular formula is C16H16N4O3. The minimum Gasteiger partial charge on any atom is -0.481 e. The maximum atomic E-state index is 12.3. The van der Waals surface area contributed by atoms with Gasteiger partial charge in [0.05, 0.1) is 13.3 Å². The Morgan fingerprint density at radius 3 is 2.65 bits per heavy atom. The molecule has 7 nitrogen and oxygen atoms in total. The van der Waals surface area contributed by atoms with Gasteiger partial charge in [0.1, 0.15) is 18.0 Å². The van der Waals surface area contributed by atoms with E-state index < -0.39 is 5.97 Å². The molecule has 0 amide bonds. The number of aromatic nitrogens is 4. The molecule has 3 aromatic rings. The Labute approximate surface area is 133 Å². The first-order valence-corrected chi connectivity index (χ1v) is 7.00. The van der Waals surface area contributed by atoms with Crippen LogP contribution in [0.25, 0.3) is 5.82 Å². The maximum absolute atomic E-state index is 12.3. The summed E-state index contributed by atoms with van der Waals surface area (Å²) in [6, 6.07) is 7.28. The van der Waals surface area contributed by atoms with Gasteiger partial charge in [-0.1, -0.05) is 0 Å². The summed E-state index contributed by atoms with van der Waals surface area (Å²) in [6.45, 7) is 0.135. The Bertz CT molecular complexity index is 791. The first kappa shape index (κ1) is 14.8. The molecule has 0 aliphatic heterocycles. The second-order valence-corrected chi connectivity index (χ2v) is 4.88. The Balaban J connectivity index is 1.74. The molecule has 0 unspecified atom stereocenters. The highest BCUT2D eigenvalue weighted by Gasteiger charge is 2.18. The highest BCUT2D eigenvalue weighted by Crippen LogP contribution is 2.16. The van der Waals surface area contributed by atoms with E-state index in [1.165, 1.54) is 6.20 Å². The number of esters is 1. The van der Waals surface area contributed by atoms with Crippen LogP contribution in [0.1, 0.15) is 15.9 Å². The van der Waals surface area contributed by atoms with Gasteiger partial charge in [-0.25, -0.2) is 9.78 Å². The standard InChI is InChI=1S/C16H16N4O3/c1-19-15(20-7-3-4-8-20)13(10-18-19)16(21)23-11-12-5-6-14(22-2)17-9-12/h3-10H,11H2,1-2H3. The SMILES string of the molecule is COc1ccc(COC(=O)c2cnn(C)c2-n2cccc2)cn1. The molecule has 0 N–H and O–H groups in total. The second-order valence-electron chi connectivity index (χ2n) is 4.88. The number of hydrogen-bond donors (Lipinski definition) is 0. The molecule has 0 bridgehead atoms. The van der Waals surface area contributed by atoms with Crippen molar-refractivity contribution in [1.29, 1.82) is 0 Å². The first-order chi connectivity index (χ1) is 11.2. The number of ether oxygens (including phenoxy) is 2. The monoisotopic (exact) mass is 312 g/mol. The maximum Gasteiger partial charge on any atom is 0.343 e. The van der Waals surface area contributed by atoms with Crippen LogP contribution in [0.15, 0.2) is 49.1 Å². The lowest BCUT2D eigenvalue weighted by molar-refractivity contribution is 0.0472. The van der Waals surface area contributed by atoms with Gasteiger partial charge in [0.15, 0.2) is 0 Å². The van der Waals surface area contributed by atoms with Crippen LogP contribution in [0.5, 0.6) is 5.88 Å². The summed E-state index contributed by atoms with van der Waals surface area (Å²) >= 11 is 0. The van der Waals surface area contributed by atoms with Crippen molar-refractivity contribution in [1.82, 2.24) is 19.3 Å².